The fourth-order valence-electron chi connectivity index (χ4n) is 2.28. The number of carbonyl (C=O) groups is 1. The Hall–Kier alpha value is -0.870. The van der Waals surface area contributed by atoms with Crippen LogP contribution in [0.25, 0.3) is 0 Å². The predicted octanol–water partition coefficient (Wildman–Crippen LogP) is 2.41. The second-order valence-corrected chi connectivity index (χ2v) is 5.64. The Balaban J connectivity index is 1.87. The van der Waals surface area contributed by atoms with E-state index < -0.39 is 0 Å². The number of carbonyl (C=O) groups excluding carboxylic acids is 1. The Morgan fingerprint density at radius 1 is 1.41 bits per heavy atom. The highest BCUT2D eigenvalue weighted by molar-refractivity contribution is 7.10. The standard InChI is InChI=1S/C13H20N2OS/c1-10(12-6-5-9-17-12)14-11(2)13(16)15-7-3-4-8-15/h5-6,9-11,14H,3-4,7-8H2,1-2H3/t10-,11?/m1/s1. The molecule has 1 fully saturated rings. The Bertz CT molecular complexity index is 358. The molecule has 0 saturated carbocycles. The number of likely N-dealkylation sites (tertiary alicyclic amines) is 1. The maximum absolute atomic E-state index is 12.1. The third-order valence-corrected chi connectivity index (χ3v) is 4.31. The molecule has 0 radical (unpaired) electrons. The van der Waals surface area contributed by atoms with Gasteiger partial charge in [0.2, 0.25) is 5.91 Å². The minimum atomic E-state index is -0.0924. The molecule has 1 unspecified atom stereocenters. The lowest BCUT2D eigenvalue weighted by Gasteiger charge is -2.23. The van der Waals surface area contributed by atoms with Gasteiger partial charge in [0.05, 0.1) is 6.04 Å². The van der Waals surface area contributed by atoms with Crippen molar-refractivity contribution in [2.45, 2.75) is 38.8 Å². The van der Waals surface area contributed by atoms with E-state index in [1.165, 1.54) is 4.88 Å². The highest BCUT2D eigenvalue weighted by atomic mass is 32.1. The molecular formula is C13H20N2OS. The van der Waals surface area contributed by atoms with E-state index in [-0.39, 0.29) is 18.0 Å². The minimum Gasteiger partial charge on any atom is -0.341 e. The Morgan fingerprint density at radius 3 is 2.71 bits per heavy atom. The smallest absolute Gasteiger partial charge is 0.239 e. The fraction of sp³-hybridized carbons (Fsp3) is 0.615. The number of nitrogens with zero attached hydrogens (tertiary/aromatic N) is 1. The van der Waals surface area contributed by atoms with Crippen LogP contribution in [0, 0.1) is 0 Å². The lowest BCUT2D eigenvalue weighted by atomic mass is 10.2. The number of hydrogen-bond donors (Lipinski definition) is 1. The van der Waals surface area contributed by atoms with E-state index in [0.29, 0.717) is 0 Å². The maximum atomic E-state index is 12.1. The molecule has 1 aliphatic heterocycles. The Labute approximate surface area is 107 Å². The van der Waals surface area contributed by atoms with Crippen LogP contribution in [0.15, 0.2) is 17.5 Å². The van der Waals surface area contributed by atoms with E-state index >= 15 is 0 Å². The van der Waals surface area contributed by atoms with Crippen LogP contribution in [-0.4, -0.2) is 29.9 Å². The first-order chi connectivity index (χ1) is 8.18. The largest absolute Gasteiger partial charge is 0.341 e. The second-order valence-electron chi connectivity index (χ2n) is 4.66. The Morgan fingerprint density at radius 2 is 2.12 bits per heavy atom. The quantitative estimate of drug-likeness (QED) is 0.892. The average Bonchev–Trinajstić information content (AvgIpc) is 3.00. The summed E-state index contributed by atoms with van der Waals surface area (Å²) in [5, 5.41) is 5.45. The summed E-state index contributed by atoms with van der Waals surface area (Å²) in [4.78, 5) is 15.4. The van der Waals surface area contributed by atoms with Crippen molar-refractivity contribution >= 4 is 17.2 Å². The third-order valence-electron chi connectivity index (χ3n) is 3.26. The summed E-state index contributed by atoms with van der Waals surface area (Å²) in [6, 6.07) is 4.31. The lowest BCUT2D eigenvalue weighted by molar-refractivity contribution is -0.132. The first-order valence-corrected chi connectivity index (χ1v) is 7.14. The van der Waals surface area contributed by atoms with Gasteiger partial charge >= 0.3 is 0 Å². The van der Waals surface area contributed by atoms with Crippen LogP contribution in [-0.2, 0) is 4.79 Å². The average molecular weight is 252 g/mol. The van der Waals surface area contributed by atoms with E-state index in [9.17, 15) is 4.79 Å². The van der Waals surface area contributed by atoms with Crippen LogP contribution in [0.4, 0.5) is 0 Å². The van der Waals surface area contributed by atoms with Crippen molar-refractivity contribution in [3.63, 3.8) is 0 Å². The molecule has 0 bridgehead atoms. The second kappa shape index (κ2) is 5.65. The molecule has 0 aliphatic carbocycles. The minimum absolute atomic E-state index is 0.0924. The summed E-state index contributed by atoms with van der Waals surface area (Å²) in [6.45, 7) is 5.93. The van der Waals surface area contributed by atoms with Crippen molar-refractivity contribution in [3.05, 3.63) is 22.4 Å². The Kier molecular flexibility index (Phi) is 4.18. The normalized spacial score (nSPS) is 19.3. The summed E-state index contributed by atoms with van der Waals surface area (Å²) in [5.41, 5.74) is 0. The topological polar surface area (TPSA) is 32.3 Å². The molecule has 1 saturated heterocycles. The molecule has 17 heavy (non-hydrogen) atoms. The molecule has 3 nitrogen and oxygen atoms in total. The van der Waals surface area contributed by atoms with E-state index in [1.807, 2.05) is 17.9 Å². The molecule has 0 spiro atoms. The van der Waals surface area contributed by atoms with Gasteiger partial charge in [0.1, 0.15) is 0 Å². The number of hydrogen-bond acceptors (Lipinski definition) is 3. The van der Waals surface area contributed by atoms with Crippen LogP contribution in [0.1, 0.15) is 37.6 Å². The van der Waals surface area contributed by atoms with E-state index in [2.05, 4.69) is 23.7 Å². The molecule has 2 heterocycles. The van der Waals surface area contributed by atoms with Crippen molar-refractivity contribution in [1.82, 2.24) is 10.2 Å². The van der Waals surface area contributed by atoms with Gasteiger partial charge < -0.3 is 4.90 Å². The zero-order valence-corrected chi connectivity index (χ0v) is 11.3. The van der Waals surface area contributed by atoms with Gasteiger partial charge in [0.25, 0.3) is 0 Å². The molecule has 2 rings (SSSR count). The molecule has 1 N–H and O–H groups in total. The fourth-order valence-corrected chi connectivity index (χ4v) is 3.02. The summed E-state index contributed by atoms with van der Waals surface area (Å²) < 4.78 is 0. The van der Waals surface area contributed by atoms with Crippen molar-refractivity contribution in [1.29, 1.82) is 0 Å². The SMILES string of the molecule is CC(N[C@H](C)c1cccs1)C(=O)N1CCCC1. The van der Waals surface area contributed by atoms with Crippen molar-refractivity contribution < 1.29 is 4.79 Å². The lowest BCUT2D eigenvalue weighted by Crippen LogP contribution is -2.44. The van der Waals surface area contributed by atoms with Gasteiger partial charge in [-0.3, -0.25) is 10.1 Å². The molecule has 1 aliphatic rings. The number of nitrogens with one attached hydrogen (secondary N) is 1. The molecule has 94 valence electrons. The van der Waals surface area contributed by atoms with E-state index in [1.54, 1.807) is 11.3 Å². The zero-order valence-electron chi connectivity index (χ0n) is 10.5. The molecule has 2 atom stereocenters. The zero-order chi connectivity index (χ0) is 12.3. The summed E-state index contributed by atoms with van der Waals surface area (Å²) in [7, 11) is 0. The predicted molar refractivity (Wildman–Crippen MR) is 71.1 cm³/mol. The van der Waals surface area contributed by atoms with Crippen molar-refractivity contribution in [3.8, 4) is 0 Å². The third kappa shape index (κ3) is 3.07. The van der Waals surface area contributed by atoms with Gasteiger partial charge in [-0.05, 0) is 38.1 Å². The van der Waals surface area contributed by atoms with Crippen LogP contribution in [0.5, 0.6) is 0 Å². The molecule has 1 aromatic rings. The maximum Gasteiger partial charge on any atom is 0.239 e. The van der Waals surface area contributed by atoms with Crippen molar-refractivity contribution in [2.75, 3.05) is 13.1 Å². The van der Waals surface area contributed by atoms with Gasteiger partial charge in [-0.15, -0.1) is 11.3 Å². The van der Waals surface area contributed by atoms with Gasteiger partial charge in [-0.25, -0.2) is 0 Å². The van der Waals surface area contributed by atoms with Gasteiger partial charge in [0.15, 0.2) is 0 Å². The van der Waals surface area contributed by atoms with E-state index in [0.717, 1.165) is 25.9 Å². The van der Waals surface area contributed by atoms with Gasteiger partial charge in [-0.1, -0.05) is 6.07 Å². The number of rotatable bonds is 4. The number of amides is 1. The van der Waals surface area contributed by atoms with Gasteiger partial charge in [0, 0.05) is 24.0 Å². The highest BCUT2D eigenvalue weighted by Crippen LogP contribution is 2.19. The molecule has 4 heteroatoms. The number of thiophene rings is 1. The van der Waals surface area contributed by atoms with Crippen molar-refractivity contribution in [2.24, 2.45) is 0 Å². The summed E-state index contributed by atoms with van der Waals surface area (Å²) in [6.07, 6.45) is 2.30. The van der Waals surface area contributed by atoms with Crippen LogP contribution >= 0.6 is 11.3 Å². The molecule has 0 aromatic carbocycles. The molecule has 1 aromatic heterocycles. The highest BCUT2D eigenvalue weighted by Gasteiger charge is 2.24. The molecule has 1 amide bonds. The van der Waals surface area contributed by atoms with Crippen LogP contribution in [0.2, 0.25) is 0 Å². The monoisotopic (exact) mass is 252 g/mol. The molecular weight excluding hydrogens is 232 g/mol. The summed E-state index contributed by atoms with van der Waals surface area (Å²) in [5.74, 6) is 0.242. The first-order valence-electron chi connectivity index (χ1n) is 6.26. The summed E-state index contributed by atoms with van der Waals surface area (Å²) >= 11 is 1.73. The van der Waals surface area contributed by atoms with E-state index in [4.69, 9.17) is 0 Å². The van der Waals surface area contributed by atoms with Gasteiger partial charge in [-0.2, -0.15) is 0 Å². The first kappa shape index (κ1) is 12.6. The van der Waals surface area contributed by atoms with Crippen LogP contribution in [0.3, 0.4) is 0 Å². The van der Waals surface area contributed by atoms with Crippen LogP contribution < -0.4 is 5.32 Å².